The van der Waals surface area contributed by atoms with E-state index in [1.807, 2.05) is 32.9 Å². The number of esters is 2. The fourth-order valence-electron chi connectivity index (χ4n) is 7.79. The van der Waals surface area contributed by atoms with Crippen LogP contribution >= 0.6 is 0 Å². The third-order valence-corrected chi connectivity index (χ3v) is 12.1. The molecule has 12 heteroatoms. The summed E-state index contributed by atoms with van der Waals surface area (Å²) in [5.74, 6) is 3.57. The zero-order chi connectivity index (χ0) is 44.4. The van der Waals surface area contributed by atoms with E-state index >= 15 is 0 Å². The molecule has 0 N–H and O–H groups in total. The second-order valence-electron chi connectivity index (χ2n) is 19.0. The van der Waals surface area contributed by atoms with Gasteiger partial charge in [-0.2, -0.15) is 0 Å². The Kier molecular flexibility index (Phi) is 21.1. The van der Waals surface area contributed by atoms with Gasteiger partial charge < -0.3 is 47.4 Å². The van der Waals surface area contributed by atoms with Gasteiger partial charge in [-0.25, -0.2) is 4.79 Å². The number of hydrogen-bond acceptors (Lipinski definition) is 12. The maximum absolute atomic E-state index is 11.9. The van der Waals surface area contributed by atoms with Gasteiger partial charge in [0, 0.05) is 35.2 Å². The first-order chi connectivity index (χ1) is 29.8. The summed E-state index contributed by atoms with van der Waals surface area (Å²) >= 11 is 0. The Labute approximate surface area is 371 Å². The highest BCUT2D eigenvalue weighted by Crippen LogP contribution is 2.34. The summed E-state index contributed by atoms with van der Waals surface area (Å²) in [5.41, 5.74) is 3.97. The van der Waals surface area contributed by atoms with Gasteiger partial charge in [0.1, 0.15) is 0 Å². The summed E-state index contributed by atoms with van der Waals surface area (Å²) in [6.45, 7) is 21.0. The van der Waals surface area contributed by atoms with Gasteiger partial charge in [0.25, 0.3) is 0 Å². The van der Waals surface area contributed by atoms with Crippen molar-refractivity contribution in [1.82, 2.24) is 0 Å². The van der Waals surface area contributed by atoms with E-state index in [0.717, 1.165) is 75.1 Å². The molecule has 0 spiro atoms. The first kappa shape index (κ1) is 50.1. The Morgan fingerprint density at radius 3 is 1.31 bits per heavy atom. The van der Waals surface area contributed by atoms with Crippen LogP contribution in [0.4, 0.5) is 0 Å². The van der Waals surface area contributed by atoms with Crippen LogP contribution in [-0.4, -0.2) is 84.0 Å². The van der Waals surface area contributed by atoms with Crippen molar-refractivity contribution < 1.29 is 57.0 Å². The Morgan fingerprint density at radius 1 is 0.452 bits per heavy atom. The number of carbonyl (C=O) groups excluding carboxylic acids is 2. The molecule has 4 heterocycles. The van der Waals surface area contributed by atoms with Crippen LogP contribution in [0.15, 0.2) is 48.5 Å². The number of aryl methyl sites for hydroxylation is 2. The van der Waals surface area contributed by atoms with Crippen molar-refractivity contribution in [3.05, 3.63) is 70.8 Å². The maximum Gasteiger partial charge on any atom is 0.342 e. The fraction of sp³-hybridized carbons (Fsp3) is 0.720. The van der Waals surface area contributed by atoms with Crippen LogP contribution in [-0.2, 0) is 52.2 Å². The van der Waals surface area contributed by atoms with Crippen LogP contribution in [0.1, 0.15) is 126 Å². The van der Waals surface area contributed by atoms with Crippen LogP contribution in [0.3, 0.4) is 0 Å². The smallest absolute Gasteiger partial charge is 0.342 e. The van der Waals surface area contributed by atoms with Gasteiger partial charge in [-0.1, -0.05) is 102 Å². The fourth-order valence-corrected chi connectivity index (χ4v) is 7.79. The summed E-state index contributed by atoms with van der Waals surface area (Å²) in [4.78, 5) is 23.6. The Balaban J connectivity index is 0.000000157. The maximum atomic E-state index is 11.9. The minimum Gasteiger partial charge on any atom is -0.410 e. The Bertz CT molecular complexity index is 1520. The molecule has 0 atom stereocenters. The van der Waals surface area contributed by atoms with Crippen molar-refractivity contribution in [3.8, 4) is 0 Å². The zero-order valence-electron chi connectivity index (χ0n) is 38.8. The van der Waals surface area contributed by atoms with Crippen LogP contribution < -0.4 is 0 Å². The first-order valence-corrected chi connectivity index (χ1v) is 23.3. The summed E-state index contributed by atoms with van der Waals surface area (Å²) in [5, 5.41) is 0. The van der Waals surface area contributed by atoms with E-state index in [9.17, 15) is 9.59 Å². The van der Waals surface area contributed by atoms with Crippen molar-refractivity contribution in [3.63, 3.8) is 0 Å². The summed E-state index contributed by atoms with van der Waals surface area (Å²) in [6.07, 6.45) is 9.33. The van der Waals surface area contributed by atoms with Crippen molar-refractivity contribution >= 4 is 11.9 Å². The van der Waals surface area contributed by atoms with Crippen LogP contribution in [0.2, 0.25) is 0 Å². The van der Waals surface area contributed by atoms with E-state index < -0.39 is 18.9 Å². The van der Waals surface area contributed by atoms with Gasteiger partial charge in [0.05, 0.1) is 64.3 Å². The Morgan fingerprint density at radius 2 is 0.839 bits per heavy atom. The average Bonchev–Trinajstić information content (AvgIpc) is 3.28. The molecule has 2 saturated carbocycles. The van der Waals surface area contributed by atoms with Gasteiger partial charge in [0.2, 0.25) is 0 Å². The standard InChI is InChI=1S/C13H22O4.C13H16O4.C12H22O2.C12H16O2/c2*1-9-3-5-11(6-4-9)12(14)17-13-15-7-10(2)8-16-13;2*1-9-3-5-11(6-4-9)12-13-7-10(2)8-14-12/h9-11,13H,3-8H2,1-2H3;3-6,10,13H,7-8H2,1-2H3;9-12H,3-8H2,1-2H3;3-6,10,12H,7-8H2,1-2H3. The third-order valence-electron chi connectivity index (χ3n) is 12.1. The number of hydrogen-bond donors (Lipinski definition) is 0. The van der Waals surface area contributed by atoms with Crippen molar-refractivity contribution in [2.75, 3.05) is 52.9 Å². The van der Waals surface area contributed by atoms with Crippen molar-refractivity contribution in [1.29, 1.82) is 0 Å². The Hall–Kier alpha value is -2.94. The van der Waals surface area contributed by atoms with Gasteiger partial charge >= 0.3 is 24.9 Å². The SMILES string of the molecule is CC1CCC(C(=O)OC2OCC(C)CO2)CC1.CC1CCC(C2OCC(C)CO2)CC1.Cc1ccc(C(=O)OC2OCC(C)CO2)cc1.Cc1ccc(C2OCC(C)CO2)cc1. The molecule has 2 aromatic rings. The molecule has 0 amide bonds. The molecule has 8 rings (SSSR count). The molecule has 2 aliphatic carbocycles. The third kappa shape index (κ3) is 17.6. The largest absolute Gasteiger partial charge is 0.410 e. The first-order valence-electron chi connectivity index (χ1n) is 23.3. The topological polar surface area (TPSA) is 126 Å². The molecule has 348 valence electrons. The lowest BCUT2D eigenvalue weighted by atomic mass is 9.82. The zero-order valence-corrected chi connectivity index (χ0v) is 38.8. The van der Waals surface area contributed by atoms with E-state index in [1.54, 1.807) is 12.1 Å². The predicted octanol–water partition coefficient (Wildman–Crippen LogP) is 9.94. The number of benzene rings is 2. The molecule has 6 fully saturated rings. The average molecular weight is 869 g/mol. The van der Waals surface area contributed by atoms with Crippen molar-refractivity contribution in [2.45, 2.75) is 132 Å². The molecule has 0 bridgehead atoms. The molecule has 2 aromatic carbocycles. The van der Waals surface area contributed by atoms with Crippen LogP contribution in [0, 0.1) is 61.2 Å². The molecule has 0 unspecified atom stereocenters. The highest BCUT2D eigenvalue weighted by atomic mass is 16.9. The molecular formula is C50H76O12. The van der Waals surface area contributed by atoms with Gasteiger partial charge in [-0.05, 0) is 76.3 Å². The molecule has 12 nitrogen and oxygen atoms in total. The van der Waals surface area contributed by atoms with E-state index in [2.05, 4.69) is 58.9 Å². The molecule has 4 aliphatic heterocycles. The van der Waals surface area contributed by atoms with Gasteiger partial charge in [0.15, 0.2) is 12.6 Å². The molecule has 6 aliphatic rings. The highest BCUT2D eigenvalue weighted by Gasteiger charge is 2.32. The second kappa shape index (κ2) is 26.1. The van der Waals surface area contributed by atoms with Crippen LogP contribution in [0.5, 0.6) is 0 Å². The van der Waals surface area contributed by atoms with Crippen molar-refractivity contribution in [2.24, 2.45) is 47.3 Å². The quantitative estimate of drug-likeness (QED) is 0.257. The molecule has 62 heavy (non-hydrogen) atoms. The second-order valence-corrected chi connectivity index (χ2v) is 19.0. The van der Waals surface area contributed by atoms with E-state index in [0.29, 0.717) is 61.6 Å². The monoisotopic (exact) mass is 869 g/mol. The summed E-state index contributed by atoms with van der Waals surface area (Å²) in [6, 6.07) is 15.5. The molecular weight excluding hydrogens is 793 g/mol. The molecule has 4 saturated heterocycles. The van der Waals surface area contributed by atoms with E-state index in [-0.39, 0.29) is 24.5 Å². The number of ether oxygens (including phenoxy) is 10. The minimum absolute atomic E-state index is 0.0396. The van der Waals surface area contributed by atoms with Gasteiger partial charge in [-0.3, -0.25) is 4.79 Å². The lowest BCUT2D eigenvalue weighted by Gasteiger charge is -2.36. The predicted molar refractivity (Wildman–Crippen MR) is 234 cm³/mol. The van der Waals surface area contributed by atoms with E-state index in [4.69, 9.17) is 47.4 Å². The van der Waals surface area contributed by atoms with Crippen LogP contribution in [0.25, 0.3) is 0 Å². The number of carbonyl (C=O) groups is 2. The van der Waals surface area contributed by atoms with E-state index in [1.165, 1.54) is 31.2 Å². The summed E-state index contributed by atoms with van der Waals surface area (Å²) < 4.78 is 54.1. The molecule has 0 radical (unpaired) electrons. The van der Waals surface area contributed by atoms with Gasteiger partial charge in [-0.15, -0.1) is 0 Å². The lowest BCUT2D eigenvalue weighted by Crippen LogP contribution is -2.37. The minimum atomic E-state index is -0.875. The highest BCUT2D eigenvalue weighted by molar-refractivity contribution is 5.89. The lowest BCUT2D eigenvalue weighted by molar-refractivity contribution is -0.309. The normalized spacial score (nSPS) is 33.7. The number of rotatable bonds is 6. The molecule has 0 aromatic heterocycles. The summed E-state index contributed by atoms with van der Waals surface area (Å²) in [7, 11) is 0.